The number of ether oxygens (including phenoxy) is 1. The normalized spacial score (nSPS) is 15.6. The van der Waals surface area contributed by atoms with E-state index in [9.17, 15) is 8.78 Å². The van der Waals surface area contributed by atoms with E-state index in [2.05, 4.69) is 12.2 Å². The van der Waals surface area contributed by atoms with Crippen molar-refractivity contribution < 1.29 is 13.5 Å². The van der Waals surface area contributed by atoms with Crippen LogP contribution in [-0.2, 0) is 4.74 Å². The van der Waals surface area contributed by atoms with Crippen LogP contribution in [0.5, 0.6) is 0 Å². The van der Waals surface area contributed by atoms with Gasteiger partial charge < -0.3 is 10.1 Å². The van der Waals surface area contributed by atoms with Crippen molar-refractivity contribution >= 4 is 0 Å². The number of alkyl halides is 2. The molecule has 0 heterocycles. The van der Waals surface area contributed by atoms with Gasteiger partial charge in [0, 0.05) is 6.04 Å². The summed E-state index contributed by atoms with van der Waals surface area (Å²) in [5.41, 5.74) is 0. The topological polar surface area (TPSA) is 21.3 Å². The van der Waals surface area contributed by atoms with Crippen LogP contribution < -0.4 is 5.32 Å². The summed E-state index contributed by atoms with van der Waals surface area (Å²) in [6.07, 6.45) is 0.300. The van der Waals surface area contributed by atoms with Gasteiger partial charge in [0.15, 0.2) is 0 Å². The first-order chi connectivity index (χ1) is 7.15. The minimum atomic E-state index is -2.37. The van der Waals surface area contributed by atoms with Crippen LogP contribution in [0.1, 0.15) is 40.0 Å². The van der Waals surface area contributed by atoms with Crippen molar-refractivity contribution in [3.05, 3.63) is 0 Å². The molecule has 2 nitrogen and oxygen atoms in total. The number of halogens is 2. The molecule has 0 spiro atoms. The minimum Gasteiger partial charge on any atom is -0.371 e. The maximum Gasteiger partial charge on any atom is 0.261 e. The summed E-state index contributed by atoms with van der Waals surface area (Å²) in [6, 6.07) is 0.198. The van der Waals surface area contributed by atoms with Gasteiger partial charge in [-0.2, -0.15) is 0 Å². The van der Waals surface area contributed by atoms with Gasteiger partial charge in [-0.05, 0) is 19.4 Å². The molecule has 2 unspecified atom stereocenters. The van der Waals surface area contributed by atoms with Crippen molar-refractivity contribution in [1.29, 1.82) is 0 Å². The molecule has 1 N–H and O–H groups in total. The first-order valence-corrected chi connectivity index (χ1v) is 5.78. The zero-order valence-corrected chi connectivity index (χ0v) is 9.93. The molecule has 0 fully saturated rings. The smallest absolute Gasteiger partial charge is 0.261 e. The molecule has 15 heavy (non-hydrogen) atoms. The Labute approximate surface area is 91.4 Å². The molecule has 0 radical (unpaired) electrons. The largest absolute Gasteiger partial charge is 0.371 e. The third-order valence-electron chi connectivity index (χ3n) is 2.35. The summed E-state index contributed by atoms with van der Waals surface area (Å²) in [4.78, 5) is 0. The first kappa shape index (κ1) is 14.8. The highest BCUT2D eigenvalue weighted by Crippen LogP contribution is 2.11. The van der Waals surface area contributed by atoms with Crippen molar-refractivity contribution in [2.24, 2.45) is 0 Å². The first-order valence-electron chi connectivity index (χ1n) is 5.78. The summed E-state index contributed by atoms with van der Waals surface area (Å²) in [6.45, 7) is 6.46. The lowest BCUT2D eigenvalue weighted by atomic mass is 10.0. The second-order valence-electron chi connectivity index (χ2n) is 3.62. The van der Waals surface area contributed by atoms with Gasteiger partial charge in [0.1, 0.15) is 6.61 Å². The number of rotatable bonds is 9. The average Bonchev–Trinajstić information content (AvgIpc) is 2.19. The van der Waals surface area contributed by atoms with Crippen LogP contribution in [0.2, 0.25) is 0 Å². The van der Waals surface area contributed by atoms with Crippen molar-refractivity contribution in [3.8, 4) is 0 Å². The number of hydrogen-bond donors (Lipinski definition) is 1. The SMILES string of the molecule is CCCC(NCC)C(CC)OCC(F)F. The van der Waals surface area contributed by atoms with Gasteiger partial charge in [-0.1, -0.05) is 27.2 Å². The molecule has 0 amide bonds. The molecule has 0 aromatic carbocycles. The standard InChI is InChI=1S/C11H23F2NO/c1-4-7-9(14-6-3)10(5-2)15-8-11(12)13/h9-11,14H,4-8H2,1-3H3. The molecule has 4 heteroatoms. The van der Waals surface area contributed by atoms with Crippen LogP contribution >= 0.6 is 0 Å². The second kappa shape index (κ2) is 9.04. The highest BCUT2D eigenvalue weighted by atomic mass is 19.3. The monoisotopic (exact) mass is 223 g/mol. The predicted octanol–water partition coefficient (Wildman–Crippen LogP) is 2.82. The zero-order chi connectivity index (χ0) is 11.7. The molecule has 0 aromatic rings. The molecular formula is C11H23F2NO. The average molecular weight is 223 g/mol. The Morgan fingerprint density at radius 3 is 2.27 bits per heavy atom. The lowest BCUT2D eigenvalue weighted by molar-refractivity contribution is -0.0401. The zero-order valence-electron chi connectivity index (χ0n) is 9.93. The lowest BCUT2D eigenvalue weighted by Crippen LogP contribution is -2.41. The lowest BCUT2D eigenvalue weighted by Gasteiger charge is -2.26. The van der Waals surface area contributed by atoms with E-state index in [4.69, 9.17) is 4.74 Å². The molecule has 0 rings (SSSR count). The molecule has 0 saturated carbocycles. The quantitative estimate of drug-likeness (QED) is 0.649. The number of nitrogens with one attached hydrogen (secondary N) is 1. The van der Waals surface area contributed by atoms with Crippen LogP contribution in [0.3, 0.4) is 0 Å². The Morgan fingerprint density at radius 1 is 1.20 bits per heavy atom. The summed E-state index contributed by atoms with van der Waals surface area (Å²) < 4.78 is 29.2. The summed E-state index contributed by atoms with van der Waals surface area (Å²) in [5, 5.41) is 3.29. The van der Waals surface area contributed by atoms with E-state index in [1.54, 1.807) is 0 Å². The van der Waals surface area contributed by atoms with Gasteiger partial charge in [0.2, 0.25) is 0 Å². The molecule has 0 aromatic heterocycles. The van der Waals surface area contributed by atoms with Gasteiger partial charge in [-0.25, -0.2) is 8.78 Å². The molecule has 2 atom stereocenters. The summed E-state index contributed by atoms with van der Waals surface area (Å²) in [5.74, 6) is 0. The second-order valence-corrected chi connectivity index (χ2v) is 3.62. The van der Waals surface area contributed by atoms with E-state index >= 15 is 0 Å². The van der Waals surface area contributed by atoms with E-state index in [1.165, 1.54) is 0 Å². The molecule has 92 valence electrons. The Bertz CT molecular complexity index is 139. The van der Waals surface area contributed by atoms with Crippen molar-refractivity contribution in [3.63, 3.8) is 0 Å². The van der Waals surface area contributed by atoms with E-state index in [0.717, 1.165) is 25.8 Å². The van der Waals surface area contributed by atoms with Gasteiger partial charge in [-0.3, -0.25) is 0 Å². The van der Waals surface area contributed by atoms with Crippen molar-refractivity contribution in [1.82, 2.24) is 5.32 Å². The Hall–Kier alpha value is -0.220. The molecule has 0 aliphatic rings. The van der Waals surface area contributed by atoms with Crippen LogP contribution in [0.4, 0.5) is 8.78 Å². The van der Waals surface area contributed by atoms with Crippen LogP contribution in [0.25, 0.3) is 0 Å². The highest BCUT2D eigenvalue weighted by molar-refractivity contribution is 4.75. The van der Waals surface area contributed by atoms with Crippen molar-refractivity contribution in [2.75, 3.05) is 13.2 Å². The van der Waals surface area contributed by atoms with Gasteiger partial charge in [0.25, 0.3) is 6.43 Å². The third kappa shape index (κ3) is 6.79. The maximum atomic E-state index is 12.0. The fourth-order valence-corrected chi connectivity index (χ4v) is 1.71. The van der Waals surface area contributed by atoms with Crippen molar-refractivity contribution in [2.45, 2.75) is 58.6 Å². The number of hydrogen-bond acceptors (Lipinski definition) is 2. The molecule has 0 bridgehead atoms. The minimum absolute atomic E-state index is 0.0982. The summed E-state index contributed by atoms with van der Waals surface area (Å²) in [7, 11) is 0. The molecule has 0 aliphatic carbocycles. The van der Waals surface area contributed by atoms with Crippen LogP contribution in [0, 0.1) is 0 Å². The van der Waals surface area contributed by atoms with Crippen LogP contribution in [0.15, 0.2) is 0 Å². The molecular weight excluding hydrogens is 200 g/mol. The predicted molar refractivity (Wildman–Crippen MR) is 58.4 cm³/mol. The molecule has 0 aliphatic heterocycles. The fraction of sp³-hybridized carbons (Fsp3) is 1.00. The number of likely N-dealkylation sites (N-methyl/N-ethyl adjacent to an activating group) is 1. The Balaban J connectivity index is 4.05. The van der Waals surface area contributed by atoms with E-state index in [0.29, 0.717) is 0 Å². The highest BCUT2D eigenvalue weighted by Gasteiger charge is 2.20. The third-order valence-corrected chi connectivity index (χ3v) is 2.35. The van der Waals surface area contributed by atoms with E-state index in [-0.39, 0.29) is 12.1 Å². The van der Waals surface area contributed by atoms with Gasteiger partial charge >= 0.3 is 0 Å². The van der Waals surface area contributed by atoms with E-state index < -0.39 is 13.0 Å². The Morgan fingerprint density at radius 2 is 1.87 bits per heavy atom. The summed E-state index contributed by atoms with van der Waals surface area (Å²) >= 11 is 0. The van der Waals surface area contributed by atoms with E-state index in [1.807, 2.05) is 13.8 Å². The Kier molecular flexibility index (Phi) is 8.91. The van der Waals surface area contributed by atoms with Crippen LogP contribution in [-0.4, -0.2) is 31.7 Å². The molecule has 0 saturated heterocycles. The van der Waals surface area contributed by atoms with Gasteiger partial charge in [-0.15, -0.1) is 0 Å². The fourth-order valence-electron chi connectivity index (χ4n) is 1.71. The van der Waals surface area contributed by atoms with Gasteiger partial charge in [0.05, 0.1) is 6.10 Å². The maximum absolute atomic E-state index is 12.0.